The molecule has 3 nitrogen and oxygen atoms in total. The van der Waals surface area contributed by atoms with Gasteiger partial charge in [-0.1, -0.05) is 103 Å². The van der Waals surface area contributed by atoms with Crippen molar-refractivity contribution in [3.05, 3.63) is 131 Å². The lowest BCUT2D eigenvalue weighted by Crippen LogP contribution is -2.55. The van der Waals surface area contributed by atoms with Crippen molar-refractivity contribution in [2.75, 3.05) is 19.6 Å². The van der Waals surface area contributed by atoms with Crippen LogP contribution in [0.4, 0.5) is 0 Å². The number of halogens is 1. The number of carbonyl (C=O) groups is 1. The van der Waals surface area contributed by atoms with E-state index in [-0.39, 0.29) is 11.9 Å². The third-order valence-electron chi connectivity index (χ3n) is 6.71. The first-order chi connectivity index (χ1) is 17.2. The molecule has 0 radical (unpaired) electrons. The summed E-state index contributed by atoms with van der Waals surface area (Å²) in [6, 6.07) is 36.8. The minimum Gasteiger partial charge on any atom is -0.333 e. The van der Waals surface area contributed by atoms with E-state index < -0.39 is 0 Å². The molecular weight excluding hydrogens is 452 g/mol. The molecule has 0 saturated carbocycles. The number of piperazine rings is 1. The Balaban J connectivity index is 1.31. The maximum Gasteiger partial charge on any atom is 0.254 e. The Morgan fingerprint density at radius 1 is 0.743 bits per heavy atom. The molecule has 1 heterocycles. The summed E-state index contributed by atoms with van der Waals surface area (Å²) in [5.41, 5.74) is 5.46. The van der Waals surface area contributed by atoms with Crippen LogP contribution in [0.15, 0.2) is 109 Å². The Morgan fingerprint density at radius 3 is 2.11 bits per heavy atom. The summed E-state index contributed by atoms with van der Waals surface area (Å²) in [6.07, 6.45) is 0.849. The largest absolute Gasteiger partial charge is 0.333 e. The highest BCUT2D eigenvalue weighted by Crippen LogP contribution is 2.28. The summed E-state index contributed by atoms with van der Waals surface area (Å²) in [5, 5.41) is 0.767. The van der Waals surface area contributed by atoms with E-state index in [1.165, 1.54) is 11.1 Å². The van der Waals surface area contributed by atoms with Crippen LogP contribution in [-0.4, -0.2) is 41.4 Å². The van der Waals surface area contributed by atoms with Gasteiger partial charge in [-0.25, -0.2) is 0 Å². The Labute approximate surface area is 212 Å². The maximum absolute atomic E-state index is 13.4. The topological polar surface area (TPSA) is 23.6 Å². The fourth-order valence-corrected chi connectivity index (χ4v) is 5.13. The molecule has 1 fully saturated rings. The lowest BCUT2D eigenvalue weighted by atomic mass is 10.00. The van der Waals surface area contributed by atoms with E-state index in [2.05, 4.69) is 64.4 Å². The molecule has 176 valence electrons. The van der Waals surface area contributed by atoms with E-state index in [1.54, 1.807) is 0 Å². The van der Waals surface area contributed by atoms with E-state index >= 15 is 0 Å². The second-order valence-electron chi connectivity index (χ2n) is 9.12. The third-order valence-corrected chi connectivity index (χ3v) is 7.04. The van der Waals surface area contributed by atoms with Gasteiger partial charge in [0.15, 0.2) is 0 Å². The van der Waals surface area contributed by atoms with Gasteiger partial charge in [0.2, 0.25) is 0 Å². The van der Waals surface area contributed by atoms with Crippen LogP contribution in [0.3, 0.4) is 0 Å². The van der Waals surface area contributed by atoms with Crippen LogP contribution in [0.5, 0.6) is 0 Å². The zero-order valence-corrected chi connectivity index (χ0v) is 20.4. The van der Waals surface area contributed by atoms with Gasteiger partial charge in [0.05, 0.1) is 0 Å². The van der Waals surface area contributed by atoms with Gasteiger partial charge >= 0.3 is 0 Å². The highest BCUT2D eigenvalue weighted by molar-refractivity contribution is 6.33. The minimum atomic E-state index is 0.121. The summed E-state index contributed by atoms with van der Waals surface area (Å²) in [7, 11) is 0. The van der Waals surface area contributed by atoms with Crippen molar-refractivity contribution in [1.29, 1.82) is 0 Å². The van der Waals surface area contributed by atoms with Crippen LogP contribution >= 0.6 is 11.6 Å². The van der Waals surface area contributed by atoms with Gasteiger partial charge in [0, 0.05) is 48.4 Å². The molecule has 1 aliphatic rings. The van der Waals surface area contributed by atoms with E-state index in [0.29, 0.717) is 0 Å². The third kappa shape index (κ3) is 5.64. The van der Waals surface area contributed by atoms with Crippen LogP contribution in [0.25, 0.3) is 11.1 Å². The predicted molar refractivity (Wildman–Crippen MR) is 144 cm³/mol. The minimum absolute atomic E-state index is 0.121. The molecular formula is C31H29ClN2O. The lowest BCUT2D eigenvalue weighted by Gasteiger charge is -2.42. The number of carbonyl (C=O) groups excluding carboxylic acids is 1. The summed E-state index contributed by atoms with van der Waals surface area (Å²) in [4.78, 5) is 17.9. The number of hydrogen-bond acceptors (Lipinski definition) is 2. The van der Waals surface area contributed by atoms with Crippen LogP contribution in [-0.2, 0) is 13.0 Å². The quantitative estimate of drug-likeness (QED) is 0.311. The first-order valence-corrected chi connectivity index (χ1v) is 12.5. The second kappa shape index (κ2) is 10.9. The van der Waals surface area contributed by atoms with Crippen molar-refractivity contribution in [2.45, 2.75) is 19.0 Å². The maximum atomic E-state index is 13.4. The normalized spacial score (nSPS) is 16.3. The summed E-state index contributed by atoms with van der Waals surface area (Å²) < 4.78 is 0. The molecule has 0 bridgehead atoms. The first kappa shape index (κ1) is 23.3. The van der Waals surface area contributed by atoms with Crippen molar-refractivity contribution in [3.8, 4) is 11.1 Å². The molecule has 1 atom stereocenters. The lowest BCUT2D eigenvalue weighted by molar-refractivity contribution is 0.0439. The van der Waals surface area contributed by atoms with Gasteiger partial charge < -0.3 is 4.90 Å². The average molecular weight is 481 g/mol. The van der Waals surface area contributed by atoms with E-state index in [4.69, 9.17) is 11.6 Å². The molecule has 4 aromatic rings. The summed E-state index contributed by atoms with van der Waals surface area (Å²) in [5.74, 6) is 0.121. The van der Waals surface area contributed by atoms with Crippen LogP contribution in [0.2, 0.25) is 5.02 Å². The fourth-order valence-electron chi connectivity index (χ4n) is 4.88. The SMILES string of the molecule is O=C(c1ccccc1)N1CCN(Cc2ccc(-c3ccccc3Cl)cc2)C[C@H]1Cc1ccccc1. The Bertz CT molecular complexity index is 1260. The van der Waals surface area contributed by atoms with Gasteiger partial charge in [-0.15, -0.1) is 0 Å². The Kier molecular flexibility index (Phi) is 7.27. The molecule has 0 aliphatic carbocycles. The van der Waals surface area contributed by atoms with Gasteiger partial charge in [0.25, 0.3) is 5.91 Å². The zero-order valence-electron chi connectivity index (χ0n) is 19.7. The molecule has 0 unspecified atom stereocenters. The number of amides is 1. The van der Waals surface area contributed by atoms with Crippen molar-refractivity contribution in [2.24, 2.45) is 0 Å². The molecule has 5 rings (SSSR count). The molecule has 1 amide bonds. The van der Waals surface area contributed by atoms with Crippen molar-refractivity contribution in [1.82, 2.24) is 9.80 Å². The second-order valence-corrected chi connectivity index (χ2v) is 9.53. The Morgan fingerprint density at radius 2 is 1.40 bits per heavy atom. The molecule has 0 aromatic heterocycles. The van der Waals surface area contributed by atoms with Crippen LogP contribution in [0, 0.1) is 0 Å². The molecule has 0 N–H and O–H groups in total. The van der Waals surface area contributed by atoms with Crippen molar-refractivity contribution < 1.29 is 4.79 Å². The monoisotopic (exact) mass is 480 g/mol. The van der Waals surface area contributed by atoms with Crippen molar-refractivity contribution in [3.63, 3.8) is 0 Å². The van der Waals surface area contributed by atoms with Crippen LogP contribution < -0.4 is 0 Å². The number of hydrogen-bond donors (Lipinski definition) is 0. The van der Waals surface area contributed by atoms with Crippen molar-refractivity contribution >= 4 is 17.5 Å². The molecule has 1 aliphatic heterocycles. The molecule has 4 heteroatoms. The van der Waals surface area contributed by atoms with Crippen LogP contribution in [0.1, 0.15) is 21.5 Å². The average Bonchev–Trinajstić information content (AvgIpc) is 2.90. The summed E-state index contributed by atoms with van der Waals surface area (Å²) >= 11 is 6.38. The van der Waals surface area contributed by atoms with Gasteiger partial charge in [-0.3, -0.25) is 9.69 Å². The first-order valence-electron chi connectivity index (χ1n) is 12.1. The highest BCUT2D eigenvalue weighted by Gasteiger charge is 2.31. The number of rotatable bonds is 6. The smallest absolute Gasteiger partial charge is 0.254 e. The van der Waals surface area contributed by atoms with Gasteiger partial charge in [0.1, 0.15) is 0 Å². The number of nitrogens with zero attached hydrogens (tertiary/aromatic N) is 2. The zero-order chi connectivity index (χ0) is 24.0. The molecule has 35 heavy (non-hydrogen) atoms. The van der Waals surface area contributed by atoms with E-state index in [9.17, 15) is 4.79 Å². The fraction of sp³-hybridized carbons (Fsp3) is 0.194. The van der Waals surface area contributed by atoms with Gasteiger partial charge in [-0.2, -0.15) is 0 Å². The predicted octanol–water partition coefficient (Wildman–Crippen LogP) is 6.58. The Hall–Kier alpha value is -3.40. The highest BCUT2D eigenvalue weighted by atomic mass is 35.5. The van der Waals surface area contributed by atoms with E-state index in [1.807, 2.05) is 54.6 Å². The molecule has 4 aromatic carbocycles. The van der Waals surface area contributed by atoms with Gasteiger partial charge in [-0.05, 0) is 41.3 Å². The number of benzene rings is 4. The molecule has 0 spiro atoms. The van der Waals surface area contributed by atoms with E-state index in [0.717, 1.165) is 54.3 Å². The standard InChI is InChI=1S/C31H29ClN2O/c32-30-14-8-7-13-29(30)26-17-15-25(16-18-26)22-33-19-20-34(31(35)27-11-5-2-6-12-27)28(23-33)21-24-9-3-1-4-10-24/h1-18,28H,19-23H2/t28-/m1/s1. The molecule has 1 saturated heterocycles. The summed E-state index contributed by atoms with van der Waals surface area (Å²) in [6.45, 7) is 3.29.